The van der Waals surface area contributed by atoms with Crippen molar-refractivity contribution in [2.45, 2.75) is 51.9 Å². The molecule has 8 nitrogen and oxygen atoms in total. The van der Waals surface area contributed by atoms with Crippen LogP contribution in [0.1, 0.15) is 37.8 Å². The van der Waals surface area contributed by atoms with E-state index in [1.807, 2.05) is 65.8 Å². The van der Waals surface area contributed by atoms with Gasteiger partial charge in [-0.25, -0.2) is 4.79 Å². The molecule has 0 heterocycles. The van der Waals surface area contributed by atoms with Crippen molar-refractivity contribution >= 4 is 40.3 Å². The Bertz CT molecular complexity index is 1280. The van der Waals surface area contributed by atoms with E-state index in [0.717, 1.165) is 28.3 Å². The maximum absolute atomic E-state index is 13.2. The van der Waals surface area contributed by atoms with Crippen LogP contribution in [0.3, 0.4) is 0 Å². The summed E-state index contributed by atoms with van der Waals surface area (Å²) in [5.41, 5.74) is 2.05. The van der Waals surface area contributed by atoms with Crippen molar-refractivity contribution in [2.24, 2.45) is 5.92 Å². The number of thioether (sulfide) groups is 1. The Labute approximate surface area is 253 Å². The minimum absolute atomic E-state index is 0.000416. The summed E-state index contributed by atoms with van der Waals surface area (Å²) in [6, 6.07) is 22.7. The number of hydrogen-bond acceptors (Lipinski definition) is 6. The number of hydrogen-bond donors (Lipinski definition) is 3. The highest BCUT2D eigenvalue weighted by Gasteiger charge is 2.25. The van der Waals surface area contributed by atoms with Gasteiger partial charge in [0.1, 0.15) is 12.6 Å². The van der Waals surface area contributed by atoms with Gasteiger partial charge >= 0.3 is 5.97 Å². The van der Waals surface area contributed by atoms with Gasteiger partial charge in [0, 0.05) is 19.1 Å². The van der Waals surface area contributed by atoms with Gasteiger partial charge in [-0.2, -0.15) is 11.8 Å². The van der Waals surface area contributed by atoms with Crippen LogP contribution in [0.5, 0.6) is 0 Å². The average Bonchev–Trinajstić information content (AvgIpc) is 2.99. The number of fused-ring (bicyclic) bond motifs is 1. The Balaban J connectivity index is 1.75. The molecule has 42 heavy (non-hydrogen) atoms. The number of rotatable bonds is 18. The number of nitrogens with one attached hydrogen (secondary N) is 2. The number of carbonyl (C=O) groups excluding carboxylic acids is 2. The number of carboxylic acids is 1. The lowest BCUT2D eigenvalue weighted by Gasteiger charge is -2.31. The summed E-state index contributed by atoms with van der Waals surface area (Å²) >= 11 is 1.54. The third kappa shape index (κ3) is 10.8. The second-order valence-electron chi connectivity index (χ2n) is 10.6. The highest BCUT2D eigenvalue weighted by atomic mass is 32.2. The Morgan fingerprint density at radius 1 is 0.952 bits per heavy atom. The fraction of sp³-hybridized carbons (Fsp3) is 0.424. The van der Waals surface area contributed by atoms with Crippen LogP contribution in [0.4, 0.5) is 0 Å². The van der Waals surface area contributed by atoms with E-state index in [-0.39, 0.29) is 36.9 Å². The van der Waals surface area contributed by atoms with Crippen LogP contribution >= 0.6 is 11.8 Å². The summed E-state index contributed by atoms with van der Waals surface area (Å²) in [5.74, 6) is -0.850. The molecule has 0 aliphatic carbocycles. The molecule has 0 saturated carbocycles. The van der Waals surface area contributed by atoms with Gasteiger partial charge in [-0.3, -0.25) is 14.5 Å². The number of carbonyl (C=O) groups is 3. The highest BCUT2D eigenvalue weighted by Crippen LogP contribution is 2.21. The summed E-state index contributed by atoms with van der Waals surface area (Å²) in [5, 5.41) is 17.7. The normalized spacial score (nSPS) is 13.4. The molecule has 0 aromatic heterocycles. The first-order valence-corrected chi connectivity index (χ1v) is 15.8. The first-order chi connectivity index (χ1) is 20.3. The molecule has 1 unspecified atom stereocenters. The molecule has 0 aliphatic heterocycles. The van der Waals surface area contributed by atoms with Crippen molar-refractivity contribution in [2.75, 3.05) is 31.7 Å². The van der Waals surface area contributed by atoms with Gasteiger partial charge < -0.3 is 20.5 Å². The minimum atomic E-state index is -1.04. The number of aliphatic carboxylic acids is 1. The van der Waals surface area contributed by atoms with Crippen LogP contribution in [0.25, 0.3) is 10.8 Å². The van der Waals surface area contributed by atoms with E-state index in [2.05, 4.69) is 42.7 Å². The molecular formula is C33H43N3O5S. The summed E-state index contributed by atoms with van der Waals surface area (Å²) in [4.78, 5) is 39.9. The third-order valence-electron chi connectivity index (χ3n) is 7.36. The smallest absolute Gasteiger partial charge is 0.326 e. The fourth-order valence-corrected chi connectivity index (χ4v) is 5.28. The minimum Gasteiger partial charge on any atom is -0.480 e. The van der Waals surface area contributed by atoms with Gasteiger partial charge in [0.15, 0.2) is 0 Å². The van der Waals surface area contributed by atoms with E-state index in [4.69, 9.17) is 4.74 Å². The second-order valence-corrected chi connectivity index (χ2v) is 11.6. The molecule has 3 rings (SSSR count). The molecule has 0 spiro atoms. The van der Waals surface area contributed by atoms with Crippen molar-refractivity contribution in [3.8, 4) is 0 Å². The highest BCUT2D eigenvalue weighted by molar-refractivity contribution is 7.98. The molecule has 0 saturated heterocycles. The van der Waals surface area contributed by atoms with Gasteiger partial charge in [-0.05, 0) is 46.2 Å². The number of ether oxygens (including phenoxy) is 1. The zero-order valence-corrected chi connectivity index (χ0v) is 25.6. The molecule has 226 valence electrons. The molecular weight excluding hydrogens is 550 g/mol. The number of nitrogens with zero attached hydrogens (tertiary/aromatic N) is 1. The van der Waals surface area contributed by atoms with E-state index in [1.165, 1.54) is 11.8 Å². The summed E-state index contributed by atoms with van der Waals surface area (Å²) in [6.07, 6.45) is 3.09. The summed E-state index contributed by atoms with van der Waals surface area (Å²) in [7, 11) is 0. The molecule has 0 bridgehead atoms. The fourth-order valence-electron chi connectivity index (χ4n) is 4.81. The molecule has 0 fully saturated rings. The monoisotopic (exact) mass is 593 g/mol. The Kier molecular flexibility index (Phi) is 13.8. The van der Waals surface area contributed by atoms with Crippen LogP contribution in [0.2, 0.25) is 0 Å². The van der Waals surface area contributed by atoms with E-state index in [1.54, 1.807) is 0 Å². The molecule has 2 amide bonds. The molecule has 0 aliphatic rings. The number of benzene rings is 3. The van der Waals surface area contributed by atoms with Gasteiger partial charge in [-0.1, -0.05) is 93.1 Å². The predicted molar refractivity (Wildman–Crippen MR) is 169 cm³/mol. The number of amides is 2. The summed E-state index contributed by atoms with van der Waals surface area (Å²) < 4.78 is 5.66. The standard InChI is InChI=1S/C33H43N3O5S/c1-4-24(2)30(35-32(38)23-41-22-25-11-6-5-7-12-25)20-36(21-31(37)34-29(33(39)40)17-18-42-3)19-27-15-10-14-26-13-8-9-16-28(26)27/h5-16,24,29-30H,4,17-23H2,1-3H3,(H,34,37)(H,35,38)(H,39,40)/t24?,29-,30+/m0/s1. The quantitative estimate of drug-likeness (QED) is 0.196. The lowest BCUT2D eigenvalue weighted by Crippen LogP contribution is -2.51. The Morgan fingerprint density at radius 2 is 1.67 bits per heavy atom. The van der Waals surface area contributed by atoms with Crippen molar-refractivity contribution in [3.05, 3.63) is 83.9 Å². The predicted octanol–water partition coefficient (Wildman–Crippen LogP) is 4.71. The van der Waals surface area contributed by atoms with Gasteiger partial charge in [-0.15, -0.1) is 0 Å². The van der Waals surface area contributed by atoms with E-state index >= 15 is 0 Å². The lowest BCUT2D eigenvalue weighted by atomic mass is 9.97. The molecule has 0 radical (unpaired) electrons. The molecule has 3 aromatic rings. The second kappa shape index (κ2) is 17.5. The molecule has 9 heteroatoms. The first kappa shape index (κ1) is 33.1. The Hall–Kier alpha value is -3.40. The maximum atomic E-state index is 13.2. The molecule has 3 N–H and O–H groups in total. The van der Waals surface area contributed by atoms with E-state index < -0.39 is 12.0 Å². The maximum Gasteiger partial charge on any atom is 0.326 e. The van der Waals surface area contributed by atoms with Crippen LogP contribution in [-0.4, -0.2) is 71.6 Å². The zero-order valence-electron chi connectivity index (χ0n) is 24.8. The molecule has 3 atom stereocenters. The van der Waals surface area contributed by atoms with Crippen molar-refractivity contribution in [1.29, 1.82) is 0 Å². The summed E-state index contributed by atoms with van der Waals surface area (Å²) in [6.45, 7) is 5.30. The number of carboxylic acid groups (broad SMARTS) is 1. The molecule has 3 aromatic carbocycles. The third-order valence-corrected chi connectivity index (χ3v) is 8.01. The van der Waals surface area contributed by atoms with E-state index in [9.17, 15) is 19.5 Å². The zero-order chi connectivity index (χ0) is 30.3. The van der Waals surface area contributed by atoms with E-state index in [0.29, 0.717) is 31.9 Å². The van der Waals surface area contributed by atoms with Gasteiger partial charge in [0.25, 0.3) is 0 Å². The van der Waals surface area contributed by atoms with Gasteiger partial charge in [0.2, 0.25) is 11.8 Å². The van der Waals surface area contributed by atoms with Crippen LogP contribution < -0.4 is 10.6 Å². The van der Waals surface area contributed by atoms with Crippen molar-refractivity contribution in [1.82, 2.24) is 15.5 Å². The topological polar surface area (TPSA) is 108 Å². The van der Waals surface area contributed by atoms with Crippen LogP contribution in [-0.2, 0) is 32.3 Å². The van der Waals surface area contributed by atoms with Crippen molar-refractivity contribution in [3.63, 3.8) is 0 Å². The van der Waals surface area contributed by atoms with Crippen LogP contribution in [0.15, 0.2) is 72.8 Å². The largest absolute Gasteiger partial charge is 0.480 e. The lowest BCUT2D eigenvalue weighted by molar-refractivity contribution is -0.142. The Morgan fingerprint density at radius 3 is 2.38 bits per heavy atom. The van der Waals surface area contributed by atoms with Crippen molar-refractivity contribution < 1.29 is 24.2 Å². The van der Waals surface area contributed by atoms with Gasteiger partial charge in [0.05, 0.1) is 13.2 Å². The average molecular weight is 594 g/mol. The first-order valence-electron chi connectivity index (χ1n) is 14.4. The van der Waals surface area contributed by atoms with Crippen LogP contribution in [0, 0.1) is 5.92 Å². The SMILES string of the molecule is CCC(C)[C@@H](CN(CC(=O)N[C@@H](CCSC)C(=O)O)Cc1cccc2ccccc12)NC(=O)COCc1ccccc1.